The molecule has 0 atom stereocenters. The van der Waals surface area contributed by atoms with Gasteiger partial charge in [-0.1, -0.05) is 58.1 Å². The molecule has 0 spiro atoms. The van der Waals surface area contributed by atoms with Gasteiger partial charge in [0, 0.05) is 21.9 Å². The zero-order chi connectivity index (χ0) is 34.7. The minimum absolute atomic E-state index is 0.0751. The molecule has 0 unspecified atom stereocenters. The second-order valence-corrected chi connectivity index (χ2v) is 13.5. The van der Waals surface area contributed by atoms with E-state index in [9.17, 15) is 19.2 Å². The zero-order valence-electron chi connectivity index (χ0n) is 27.9. The molecular weight excluding hydrogens is 649 g/mol. The number of hydrogen-bond donors (Lipinski definition) is 0. The summed E-state index contributed by atoms with van der Waals surface area (Å²) < 4.78 is 20.1. The Kier molecular flexibility index (Phi) is 22.4. The van der Waals surface area contributed by atoms with E-state index in [4.69, 9.17) is 18.9 Å². The maximum absolute atomic E-state index is 12.2. The molecule has 0 N–H and O–H groups in total. The second kappa shape index (κ2) is 26.5. The van der Waals surface area contributed by atoms with E-state index in [1.54, 1.807) is 23.9 Å². The third kappa shape index (κ3) is 19.4. The first-order valence-electron chi connectivity index (χ1n) is 16.8. The second-order valence-electron chi connectivity index (χ2n) is 11.2. The monoisotopic (exact) mass is 698 g/mol. The van der Waals surface area contributed by atoms with E-state index >= 15 is 0 Å². The molecule has 1 fully saturated rings. The average Bonchev–Trinajstić information content (AvgIpc) is 3.12. The molecule has 48 heavy (non-hydrogen) atoms. The Balaban J connectivity index is 0.000000345. The summed E-state index contributed by atoms with van der Waals surface area (Å²) in [5.74, 6) is 2.59. The maximum Gasteiger partial charge on any atom is 0.330 e. The summed E-state index contributed by atoms with van der Waals surface area (Å²) in [7, 11) is 0. The highest BCUT2D eigenvalue weighted by molar-refractivity contribution is 7.99. The van der Waals surface area contributed by atoms with Crippen LogP contribution in [0.2, 0.25) is 0 Å². The Hall–Kier alpha value is -3.50. The van der Waals surface area contributed by atoms with Gasteiger partial charge in [0.15, 0.2) is 0 Å². The van der Waals surface area contributed by atoms with Gasteiger partial charge in [-0.2, -0.15) is 0 Å². The van der Waals surface area contributed by atoms with Crippen LogP contribution in [0.1, 0.15) is 83.5 Å². The molecule has 262 valence electrons. The van der Waals surface area contributed by atoms with E-state index in [0.29, 0.717) is 31.2 Å². The van der Waals surface area contributed by atoms with Crippen LogP contribution in [0.15, 0.2) is 83.6 Å². The highest BCUT2D eigenvalue weighted by Crippen LogP contribution is 2.27. The first kappa shape index (κ1) is 40.7. The third-order valence-corrected chi connectivity index (χ3v) is 9.62. The van der Waals surface area contributed by atoms with Crippen molar-refractivity contribution in [3.8, 4) is 11.5 Å². The molecule has 0 bridgehead atoms. The van der Waals surface area contributed by atoms with Crippen LogP contribution in [-0.2, 0) is 28.7 Å². The summed E-state index contributed by atoms with van der Waals surface area (Å²) >= 11 is 3.59. The van der Waals surface area contributed by atoms with Gasteiger partial charge in [-0.15, -0.1) is 23.5 Å². The quantitative estimate of drug-likeness (QED) is 0.0295. The Morgan fingerprint density at radius 3 is 1.56 bits per heavy atom. The smallest absolute Gasteiger partial charge is 0.330 e. The van der Waals surface area contributed by atoms with Crippen LogP contribution in [0, 0.1) is 5.92 Å². The molecule has 1 aliphatic rings. The van der Waals surface area contributed by atoms with E-state index in [2.05, 4.69) is 13.2 Å². The van der Waals surface area contributed by atoms with Crippen LogP contribution in [0.4, 0.5) is 0 Å². The van der Waals surface area contributed by atoms with Crippen LogP contribution >= 0.6 is 23.5 Å². The summed E-state index contributed by atoms with van der Waals surface area (Å²) in [6.45, 7) is 8.07. The van der Waals surface area contributed by atoms with Gasteiger partial charge < -0.3 is 18.9 Å². The predicted molar refractivity (Wildman–Crippen MR) is 192 cm³/mol. The highest BCUT2D eigenvalue weighted by Gasteiger charge is 2.22. The van der Waals surface area contributed by atoms with Crippen molar-refractivity contribution >= 4 is 47.9 Å². The fourth-order valence-electron chi connectivity index (χ4n) is 4.77. The summed E-state index contributed by atoms with van der Waals surface area (Å²) in [5, 5.41) is 0. The minimum atomic E-state index is -0.354. The number of rotatable bonds is 22. The molecule has 2 aromatic carbocycles. The summed E-state index contributed by atoms with van der Waals surface area (Å²) in [5.41, 5.74) is 0. The first-order valence-corrected chi connectivity index (χ1v) is 18.8. The predicted octanol–water partition coefficient (Wildman–Crippen LogP) is 9.16. The lowest BCUT2D eigenvalue weighted by Crippen LogP contribution is -2.22. The van der Waals surface area contributed by atoms with E-state index in [0.717, 1.165) is 93.5 Å². The van der Waals surface area contributed by atoms with Crippen molar-refractivity contribution < 1.29 is 38.1 Å². The molecule has 1 aliphatic carbocycles. The van der Waals surface area contributed by atoms with Gasteiger partial charge in [-0.25, -0.2) is 9.59 Å². The lowest BCUT2D eigenvalue weighted by atomic mass is 9.89. The van der Waals surface area contributed by atoms with Gasteiger partial charge in [-0.3, -0.25) is 9.59 Å². The van der Waals surface area contributed by atoms with Gasteiger partial charge >= 0.3 is 17.9 Å². The fourth-order valence-corrected chi connectivity index (χ4v) is 6.60. The Bertz CT molecular complexity index is 1220. The molecule has 0 saturated heterocycles. The van der Waals surface area contributed by atoms with Crippen molar-refractivity contribution in [1.82, 2.24) is 0 Å². The molecule has 0 aromatic heterocycles. The van der Waals surface area contributed by atoms with Crippen molar-refractivity contribution in [1.29, 1.82) is 0 Å². The summed E-state index contributed by atoms with van der Waals surface area (Å²) in [4.78, 5) is 46.4. The molecule has 0 radical (unpaired) electrons. The Labute approximate surface area is 294 Å². The van der Waals surface area contributed by atoms with Gasteiger partial charge in [0.1, 0.15) is 11.5 Å². The van der Waals surface area contributed by atoms with Crippen LogP contribution in [0.3, 0.4) is 0 Å². The topological polar surface area (TPSA) is 105 Å². The van der Waals surface area contributed by atoms with Crippen LogP contribution in [0.25, 0.3) is 0 Å². The zero-order valence-corrected chi connectivity index (χ0v) is 29.6. The fraction of sp³-hybridized carbons (Fsp3) is 0.474. The number of hydrogen-bond acceptors (Lipinski definition) is 10. The first-order chi connectivity index (χ1) is 23.4. The number of benzene rings is 2. The molecule has 0 amide bonds. The summed E-state index contributed by atoms with van der Waals surface area (Å²) in [6.07, 6.45) is 16.2. The number of carbonyl (C=O) groups excluding carboxylic acids is 4. The van der Waals surface area contributed by atoms with Crippen LogP contribution < -0.4 is 9.47 Å². The van der Waals surface area contributed by atoms with Crippen LogP contribution in [-0.4, -0.2) is 49.1 Å². The minimum Gasteiger partial charge on any atom is -0.463 e. The molecular formula is C38H50O8S2. The van der Waals surface area contributed by atoms with E-state index in [-0.39, 0.29) is 23.8 Å². The van der Waals surface area contributed by atoms with Crippen LogP contribution in [0.5, 0.6) is 11.5 Å². The normalized spacial score (nSPS) is 12.5. The van der Waals surface area contributed by atoms with E-state index in [1.807, 2.05) is 48.2 Å². The molecule has 10 heteroatoms. The molecule has 0 heterocycles. The van der Waals surface area contributed by atoms with Gasteiger partial charge in [0.2, 0.25) is 0 Å². The lowest BCUT2D eigenvalue weighted by molar-refractivity contribution is -0.140. The molecule has 1 saturated carbocycles. The summed E-state index contributed by atoms with van der Waals surface area (Å²) in [6, 6.07) is 15.3. The molecule has 3 rings (SSSR count). The SMILES string of the molecule is C=CC(=O)OCCCCCCSc1ccc(OC(=O)C2CCCCC2)cc1.C=CC(=O)OCCCCCCSc1ccc(OC=O)cc1. The number of esters is 3. The standard InChI is InChI=1S/C22H30O4S.C16H20O4S/c1-2-21(23)25-16-8-3-4-9-17-27-20-14-12-19(13-15-20)26-22(24)18-10-6-5-7-11-18;1-2-16(18)19-11-5-3-4-6-12-21-15-9-7-14(8-10-15)20-13-17/h2,12-15,18H,1,3-11,16-17H2;2,7-10,13H,1,3-6,11-12H2. The number of carbonyl (C=O) groups is 4. The largest absolute Gasteiger partial charge is 0.463 e. The Morgan fingerprint density at radius 2 is 1.10 bits per heavy atom. The van der Waals surface area contributed by atoms with Crippen molar-refractivity contribution in [2.75, 3.05) is 24.7 Å². The van der Waals surface area contributed by atoms with Crippen molar-refractivity contribution in [3.05, 3.63) is 73.8 Å². The average molecular weight is 699 g/mol. The maximum atomic E-state index is 12.2. The van der Waals surface area contributed by atoms with Crippen molar-refractivity contribution in [3.63, 3.8) is 0 Å². The number of thioether (sulfide) groups is 2. The van der Waals surface area contributed by atoms with Crippen molar-refractivity contribution in [2.24, 2.45) is 5.92 Å². The van der Waals surface area contributed by atoms with Gasteiger partial charge in [0.05, 0.1) is 19.1 Å². The number of ether oxygens (including phenoxy) is 4. The Morgan fingerprint density at radius 1 is 0.646 bits per heavy atom. The highest BCUT2D eigenvalue weighted by atomic mass is 32.2. The van der Waals surface area contributed by atoms with Gasteiger partial charge in [0.25, 0.3) is 6.47 Å². The lowest BCUT2D eigenvalue weighted by Gasteiger charge is -2.19. The third-order valence-electron chi connectivity index (χ3n) is 7.43. The molecule has 2 aromatic rings. The number of unbranched alkanes of at least 4 members (excludes halogenated alkanes) is 6. The van der Waals surface area contributed by atoms with Gasteiger partial charge in [-0.05, 0) is 98.6 Å². The molecule has 0 aliphatic heterocycles. The molecule has 8 nitrogen and oxygen atoms in total. The van der Waals surface area contributed by atoms with Crippen molar-refractivity contribution in [2.45, 2.75) is 93.3 Å². The van der Waals surface area contributed by atoms with E-state index in [1.165, 1.54) is 23.5 Å². The van der Waals surface area contributed by atoms with E-state index < -0.39 is 0 Å².